The van der Waals surface area contributed by atoms with E-state index in [0.29, 0.717) is 0 Å². The molecule has 8 heteroatoms. The van der Waals surface area contributed by atoms with Gasteiger partial charge in [0.05, 0.1) is 5.97 Å². The molecule has 1 aromatic carbocycles. The number of hydrogen-bond acceptors (Lipinski definition) is 5. The summed E-state index contributed by atoms with van der Waals surface area (Å²) >= 11 is 0. The van der Waals surface area contributed by atoms with Gasteiger partial charge >= 0.3 is 6.36 Å². The molecule has 5 nitrogen and oxygen atoms in total. The van der Waals surface area contributed by atoms with Gasteiger partial charge in [-0.1, -0.05) is 0 Å². The minimum Gasteiger partial charge on any atom is -0.545 e. The van der Waals surface area contributed by atoms with Crippen LogP contribution in [-0.4, -0.2) is 26.2 Å². The number of hydrogen-bond donors (Lipinski definition) is 0. The first-order valence-electron chi connectivity index (χ1n) is 4.56. The SMILES string of the molecule is COCOc1cc(C(=O)[O-])ccc1OC(F)(F)F. The van der Waals surface area contributed by atoms with E-state index < -0.39 is 23.8 Å². The van der Waals surface area contributed by atoms with Crippen LogP contribution < -0.4 is 14.6 Å². The standard InChI is InChI=1S/C10H9F3O5/c1-16-5-17-8-4-6(9(14)15)2-3-7(8)18-10(11,12)13/h2-4H,5H2,1H3,(H,14,15)/p-1. The zero-order valence-corrected chi connectivity index (χ0v) is 9.11. The molecule has 0 aliphatic rings. The van der Waals surface area contributed by atoms with Gasteiger partial charge in [0.1, 0.15) is 0 Å². The maximum Gasteiger partial charge on any atom is 0.573 e. The largest absolute Gasteiger partial charge is 0.573 e. The normalized spacial score (nSPS) is 11.1. The lowest BCUT2D eigenvalue weighted by atomic mass is 10.2. The van der Waals surface area contributed by atoms with Crippen molar-refractivity contribution in [3.63, 3.8) is 0 Å². The van der Waals surface area contributed by atoms with Gasteiger partial charge in [-0.3, -0.25) is 0 Å². The maximum absolute atomic E-state index is 12.1. The average Bonchev–Trinajstić information content (AvgIpc) is 2.25. The Hall–Kier alpha value is -1.96. The Kier molecular flexibility index (Phi) is 4.38. The molecule has 0 aliphatic heterocycles. The Morgan fingerprint density at radius 2 is 2.00 bits per heavy atom. The van der Waals surface area contributed by atoms with Crippen molar-refractivity contribution in [2.45, 2.75) is 6.36 Å². The lowest BCUT2D eigenvalue weighted by molar-refractivity contribution is -0.275. The zero-order chi connectivity index (χ0) is 13.8. The number of alkyl halides is 3. The van der Waals surface area contributed by atoms with E-state index in [4.69, 9.17) is 4.74 Å². The highest BCUT2D eigenvalue weighted by atomic mass is 19.4. The number of carboxylic acid groups (broad SMARTS) is 1. The van der Waals surface area contributed by atoms with E-state index in [2.05, 4.69) is 9.47 Å². The predicted molar refractivity (Wildman–Crippen MR) is 50.0 cm³/mol. The van der Waals surface area contributed by atoms with E-state index in [0.717, 1.165) is 18.2 Å². The molecule has 0 spiro atoms. The number of methoxy groups -OCH3 is 1. The first-order chi connectivity index (χ1) is 8.33. The highest BCUT2D eigenvalue weighted by Crippen LogP contribution is 2.32. The first kappa shape index (κ1) is 14.1. The molecule has 1 rings (SSSR count). The second-order valence-corrected chi connectivity index (χ2v) is 3.05. The number of carboxylic acids is 1. The minimum absolute atomic E-state index is 0.337. The monoisotopic (exact) mass is 265 g/mol. The lowest BCUT2D eigenvalue weighted by Crippen LogP contribution is -2.23. The van der Waals surface area contributed by atoms with E-state index in [9.17, 15) is 23.1 Å². The summed E-state index contributed by atoms with van der Waals surface area (Å²) in [6.45, 7) is -0.356. The second kappa shape index (κ2) is 5.58. The number of benzene rings is 1. The van der Waals surface area contributed by atoms with Crippen LogP contribution in [0.3, 0.4) is 0 Å². The number of ether oxygens (including phenoxy) is 3. The number of halogens is 3. The van der Waals surface area contributed by atoms with Gasteiger partial charge in [-0.25, -0.2) is 0 Å². The molecule has 0 radical (unpaired) electrons. The summed E-state index contributed by atoms with van der Waals surface area (Å²) in [5.74, 6) is -2.61. The minimum atomic E-state index is -4.91. The second-order valence-electron chi connectivity index (χ2n) is 3.05. The van der Waals surface area contributed by atoms with Gasteiger partial charge in [0.15, 0.2) is 18.3 Å². The number of carbonyl (C=O) groups excluding carboxylic acids is 1. The van der Waals surface area contributed by atoms with Crippen LogP contribution in [0.2, 0.25) is 0 Å². The Morgan fingerprint density at radius 3 is 2.50 bits per heavy atom. The van der Waals surface area contributed by atoms with E-state index >= 15 is 0 Å². The smallest absolute Gasteiger partial charge is 0.545 e. The van der Waals surface area contributed by atoms with E-state index in [1.807, 2.05) is 0 Å². The van der Waals surface area contributed by atoms with Gasteiger partial charge in [-0.15, -0.1) is 13.2 Å². The molecule has 0 unspecified atom stereocenters. The van der Waals surface area contributed by atoms with Crippen molar-refractivity contribution >= 4 is 5.97 Å². The molecule has 0 fully saturated rings. The molecule has 0 saturated carbocycles. The van der Waals surface area contributed by atoms with Crippen molar-refractivity contribution in [3.05, 3.63) is 23.8 Å². The van der Waals surface area contributed by atoms with Gasteiger partial charge in [0, 0.05) is 12.7 Å². The molecular weight excluding hydrogens is 257 g/mol. The van der Waals surface area contributed by atoms with Gasteiger partial charge in [0.25, 0.3) is 0 Å². The Labute approximate surface area is 99.7 Å². The van der Waals surface area contributed by atoms with Crippen molar-refractivity contribution in [3.8, 4) is 11.5 Å². The maximum atomic E-state index is 12.1. The van der Waals surface area contributed by atoms with E-state index in [1.54, 1.807) is 0 Å². The van der Waals surface area contributed by atoms with Crippen molar-refractivity contribution < 1.29 is 37.3 Å². The quantitative estimate of drug-likeness (QED) is 0.741. The van der Waals surface area contributed by atoms with Crippen LogP contribution in [0.25, 0.3) is 0 Å². The third-order valence-electron chi connectivity index (χ3n) is 1.74. The summed E-state index contributed by atoms with van der Waals surface area (Å²) in [6.07, 6.45) is -4.91. The van der Waals surface area contributed by atoms with Crippen LogP contribution in [0.15, 0.2) is 18.2 Å². The van der Waals surface area contributed by atoms with Gasteiger partial charge in [0.2, 0.25) is 0 Å². The molecule has 0 saturated heterocycles. The average molecular weight is 265 g/mol. The molecule has 0 aliphatic carbocycles. The lowest BCUT2D eigenvalue weighted by Gasteiger charge is -2.15. The topological polar surface area (TPSA) is 67.8 Å². The third-order valence-corrected chi connectivity index (χ3v) is 1.74. The van der Waals surface area contributed by atoms with E-state index in [-0.39, 0.29) is 12.4 Å². The van der Waals surface area contributed by atoms with E-state index in [1.165, 1.54) is 7.11 Å². The fourth-order valence-corrected chi connectivity index (χ4v) is 1.08. The molecule has 0 bridgehead atoms. The van der Waals surface area contributed by atoms with Crippen molar-refractivity contribution in [2.24, 2.45) is 0 Å². The van der Waals surface area contributed by atoms with Crippen molar-refractivity contribution in [1.82, 2.24) is 0 Å². The van der Waals surface area contributed by atoms with Crippen LogP contribution in [0.1, 0.15) is 10.4 Å². The van der Waals surface area contributed by atoms with Crippen LogP contribution in [-0.2, 0) is 4.74 Å². The summed E-state index contributed by atoms with van der Waals surface area (Å²) in [7, 11) is 1.26. The molecular formula is C10H8F3O5-. The van der Waals surface area contributed by atoms with Crippen LogP contribution in [0, 0.1) is 0 Å². The fraction of sp³-hybridized carbons (Fsp3) is 0.300. The predicted octanol–water partition coefficient (Wildman–Crippen LogP) is 0.931. The molecule has 100 valence electrons. The number of aromatic carboxylic acids is 1. The van der Waals surface area contributed by atoms with Gasteiger partial charge < -0.3 is 24.1 Å². The zero-order valence-electron chi connectivity index (χ0n) is 9.11. The molecule has 18 heavy (non-hydrogen) atoms. The number of rotatable bonds is 5. The highest BCUT2D eigenvalue weighted by Gasteiger charge is 2.32. The van der Waals surface area contributed by atoms with Gasteiger partial charge in [-0.05, 0) is 18.2 Å². The summed E-state index contributed by atoms with van der Waals surface area (Å²) in [6, 6.07) is 2.59. The summed E-state index contributed by atoms with van der Waals surface area (Å²) in [4.78, 5) is 10.6. The Bertz CT molecular complexity index is 430. The molecule has 1 aromatic rings. The molecule has 0 heterocycles. The Balaban J connectivity index is 3.04. The van der Waals surface area contributed by atoms with Crippen LogP contribution >= 0.6 is 0 Å². The molecule has 0 N–H and O–H groups in total. The van der Waals surface area contributed by atoms with Crippen LogP contribution in [0.4, 0.5) is 13.2 Å². The van der Waals surface area contributed by atoms with Gasteiger partial charge in [-0.2, -0.15) is 0 Å². The van der Waals surface area contributed by atoms with Crippen molar-refractivity contribution in [2.75, 3.05) is 13.9 Å². The summed E-state index contributed by atoms with van der Waals surface area (Å²) < 4.78 is 49.2. The molecule has 0 atom stereocenters. The molecule has 0 amide bonds. The number of carbonyl (C=O) groups is 1. The third kappa shape index (κ3) is 4.13. The summed E-state index contributed by atoms with van der Waals surface area (Å²) in [5.41, 5.74) is -0.337. The Morgan fingerprint density at radius 1 is 1.33 bits per heavy atom. The molecule has 0 aromatic heterocycles. The summed E-state index contributed by atoms with van der Waals surface area (Å²) in [5, 5.41) is 10.6. The highest BCUT2D eigenvalue weighted by molar-refractivity contribution is 5.86. The van der Waals surface area contributed by atoms with Crippen molar-refractivity contribution in [1.29, 1.82) is 0 Å². The van der Waals surface area contributed by atoms with Crippen LogP contribution in [0.5, 0.6) is 11.5 Å². The first-order valence-corrected chi connectivity index (χ1v) is 4.56. The fourth-order valence-electron chi connectivity index (χ4n) is 1.08.